The third kappa shape index (κ3) is 10.9. The number of anilines is 1. The predicted molar refractivity (Wildman–Crippen MR) is 231 cm³/mol. The molecule has 3 aliphatic rings. The standard InChI is InChI=1S/C45H58ClN3O11S/c1-6-60-39(53)13-8-7-9-22-49-34-19-14-29(43(56)47-25-35(51)41(54)42(55)36(52)26-50)23-32(34)45(4,5)38(49)21-16-28-12-10-11-27(40(28)46)15-20-37-44(2,3)31-24-30(61(57,58)59)17-18-33(31)48-37/h14-21,23-24,35-36,41-42,50-52,54-55H,6-13,22,25-26H2,1-5H3,(H2,47,56,57,58,59). The van der Waals surface area contributed by atoms with Crippen molar-refractivity contribution in [2.45, 2.75) is 120 Å². The number of hydrogen-bond donors (Lipinski definition) is 7. The Kier molecular flexibility index (Phi) is 15.6. The summed E-state index contributed by atoms with van der Waals surface area (Å²) in [4.78, 5) is 25.0. The van der Waals surface area contributed by atoms with E-state index in [2.05, 4.69) is 35.1 Å². The van der Waals surface area contributed by atoms with E-state index in [4.69, 9.17) is 21.4 Å². The molecule has 332 valence electrons. The molecule has 2 aliphatic heterocycles. The van der Waals surface area contributed by atoms with E-state index in [1.165, 1.54) is 12.1 Å². The first-order chi connectivity index (χ1) is 28.7. The van der Waals surface area contributed by atoms with E-state index >= 15 is 0 Å². The van der Waals surface area contributed by atoms with Gasteiger partial charge in [-0.1, -0.05) is 37.6 Å². The van der Waals surface area contributed by atoms with Crippen LogP contribution in [-0.2, 0) is 30.5 Å². The maximum absolute atomic E-state index is 13.3. The lowest BCUT2D eigenvalue weighted by Gasteiger charge is -2.25. The van der Waals surface area contributed by atoms with Crippen molar-refractivity contribution in [1.29, 1.82) is 0 Å². The van der Waals surface area contributed by atoms with Crippen LogP contribution in [0.1, 0.15) is 101 Å². The zero-order chi connectivity index (χ0) is 44.9. The van der Waals surface area contributed by atoms with Crippen molar-refractivity contribution < 1.29 is 57.4 Å². The highest BCUT2D eigenvalue weighted by atomic mass is 35.5. The van der Waals surface area contributed by atoms with Gasteiger partial charge < -0.3 is 45.5 Å². The van der Waals surface area contributed by atoms with E-state index in [0.29, 0.717) is 42.2 Å². The number of fused-ring (bicyclic) bond motifs is 2. The Balaban J connectivity index is 1.40. The number of amides is 1. The fourth-order valence-corrected chi connectivity index (χ4v) is 8.87. The Morgan fingerprint density at radius 2 is 1.67 bits per heavy atom. The van der Waals surface area contributed by atoms with Crippen molar-refractivity contribution in [3.05, 3.63) is 99.3 Å². The molecule has 0 aromatic heterocycles. The summed E-state index contributed by atoms with van der Waals surface area (Å²) in [5.41, 5.74) is 6.08. The van der Waals surface area contributed by atoms with Gasteiger partial charge in [0.1, 0.15) is 35.0 Å². The number of nitrogens with zero attached hydrogens (tertiary/aromatic N) is 1. The zero-order valence-electron chi connectivity index (χ0n) is 35.3. The molecule has 0 bridgehead atoms. The summed E-state index contributed by atoms with van der Waals surface area (Å²) in [7, 11) is -4.61. The first-order valence-corrected chi connectivity index (χ1v) is 22.4. The summed E-state index contributed by atoms with van der Waals surface area (Å²) < 4.78 is 42.5. The van der Waals surface area contributed by atoms with E-state index in [-0.39, 0.29) is 10.9 Å². The van der Waals surface area contributed by atoms with Crippen LogP contribution in [0.2, 0.25) is 0 Å². The monoisotopic (exact) mass is 883 g/mol. The second kappa shape index (κ2) is 19.9. The van der Waals surface area contributed by atoms with E-state index in [9.17, 15) is 43.0 Å². The molecular formula is C45H58ClN3O11S. The maximum Gasteiger partial charge on any atom is 0.305 e. The maximum atomic E-state index is 13.3. The van der Waals surface area contributed by atoms with Crippen molar-refractivity contribution >= 4 is 50.7 Å². The molecule has 14 nitrogen and oxygen atoms in total. The summed E-state index contributed by atoms with van der Waals surface area (Å²) in [5, 5.41) is 55.8. The Morgan fingerprint density at radius 1 is 0.951 bits per heavy atom. The normalized spacial score (nSPS) is 20.4. The van der Waals surface area contributed by atoms with Gasteiger partial charge in [-0.15, -0.1) is 0 Å². The van der Waals surface area contributed by atoms with Crippen LogP contribution in [-0.4, -0.2) is 111 Å². The quantitative estimate of drug-likeness (QED) is 0.0468. The fraction of sp³-hybridized carbons (Fsp3) is 0.489. The molecule has 2 aromatic rings. The highest BCUT2D eigenvalue weighted by molar-refractivity contribution is 7.85. The molecule has 2 aromatic carbocycles. The number of hydrogen-bond acceptors (Lipinski definition) is 12. The van der Waals surface area contributed by atoms with Crippen molar-refractivity contribution in [1.82, 2.24) is 5.32 Å². The lowest BCUT2D eigenvalue weighted by atomic mass is 9.80. The van der Waals surface area contributed by atoms with Crippen LogP contribution in [0.4, 0.5) is 11.4 Å². The molecule has 1 amide bonds. The summed E-state index contributed by atoms with van der Waals surface area (Å²) in [5.74, 6) is -0.745. The van der Waals surface area contributed by atoms with E-state index in [0.717, 1.165) is 71.6 Å². The number of halogens is 1. The third-order valence-corrected chi connectivity index (χ3v) is 13.1. The second-order valence-corrected chi connectivity index (χ2v) is 18.5. The average molecular weight is 884 g/mol. The van der Waals surface area contributed by atoms with E-state index < -0.39 is 64.4 Å². The van der Waals surface area contributed by atoms with Crippen LogP contribution in [0.5, 0.6) is 0 Å². The molecule has 2 heterocycles. The molecule has 1 aliphatic carbocycles. The minimum atomic E-state index is -4.61. The number of carbonyl (C=O) groups is 2. The van der Waals surface area contributed by atoms with Gasteiger partial charge in [-0.3, -0.25) is 9.59 Å². The molecule has 61 heavy (non-hydrogen) atoms. The summed E-state index contributed by atoms with van der Waals surface area (Å²) in [6.07, 6.45) is 6.08. The number of carbonyl (C=O) groups excluding carboxylic acids is 2. The fourth-order valence-electron chi connectivity index (χ4n) is 8.06. The highest BCUT2D eigenvalue weighted by Gasteiger charge is 2.45. The lowest BCUT2D eigenvalue weighted by molar-refractivity contribution is -0.438. The van der Waals surface area contributed by atoms with Gasteiger partial charge in [-0.25, -0.2) is 8.42 Å². The van der Waals surface area contributed by atoms with E-state index in [1.807, 2.05) is 38.1 Å². The number of esters is 1. The molecular weight excluding hydrogens is 826 g/mol. The number of aliphatic hydroxyl groups is 5. The Morgan fingerprint density at radius 3 is 2.36 bits per heavy atom. The first-order valence-electron chi connectivity index (χ1n) is 20.6. The Hall–Kier alpha value is -4.19. The SMILES string of the molecule is CCOC(=O)CCCCC[N+]1=C(/C=C/C2=C(Cl)C(=C/C=C3/Nc4ccc(S(=O)(=O)[O-])cc4C3(C)C)/CCC2)C(C)(C)c2cc(C(=O)NCC(O)C(O)C(O)C(O)CO)ccc21. The van der Waals surface area contributed by atoms with Crippen LogP contribution < -0.4 is 10.6 Å². The Labute approximate surface area is 362 Å². The largest absolute Gasteiger partial charge is 0.744 e. The summed E-state index contributed by atoms with van der Waals surface area (Å²) in [6, 6.07) is 9.69. The van der Waals surface area contributed by atoms with Gasteiger partial charge in [0.05, 0.1) is 29.6 Å². The highest BCUT2D eigenvalue weighted by Crippen LogP contribution is 2.45. The average Bonchev–Trinajstić information content (AvgIpc) is 3.60. The predicted octanol–water partition coefficient (Wildman–Crippen LogP) is 4.70. The Bertz CT molecular complexity index is 2260. The number of unbranched alkanes of at least 4 members (excludes halogenated alkanes) is 2. The topological polar surface area (TPSA) is 229 Å². The molecule has 5 rings (SSSR count). The number of rotatable bonds is 18. The van der Waals surface area contributed by atoms with Gasteiger partial charge in [-0.05, 0) is 106 Å². The van der Waals surface area contributed by atoms with E-state index in [1.54, 1.807) is 25.1 Å². The number of ether oxygens (including phenoxy) is 1. The molecule has 0 fully saturated rings. The number of allylic oxidation sites excluding steroid dienone is 8. The van der Waals surface area contributed by atoms with Gasteiger partial charge in [0, 0.05) is 64.5 Å². The zero-order valence-corrected chi connectivity index (χ0v) is 36.9. The summed E-state index contributed by atoms with van der Waals surface area (Å²) >= 11 is 7.11. The molecule has 16 heteroatoms. The number of nitrogens with one attached hydrogen (secondary N) is 2. The molecule has 7 N–H and O–H groups in total. The minimum Gasteiger partial charge on any atom is -0.744 e. The summed E-state index contributed by atoms with van der Waals surface area (Å²) in [6.45, 7) is 9.57. The van der Waals surface area contributed by atoms with Crippen LogP contribution in [0.25, 0.3) is 0 Å². The van der Waals surface area contributed by atoms with Crippen molar-refractivity contribution in [3.8, 4) is 0 Å². The van der Waals surface area contributed by atoms with Crippen LogP contribution in [0.3, 0.4) is 0 Å². The minimum absolute atomic E-state index is 0.223. The van der Waals surface area contributed by atoms with Gasteiger partial charge in [0.2, 0.25) is 5.69 Å². The molecule has 4 atom stereocenters. The molecule has 0 radical (unpaired) electrons. The molecule has 0 saturated carbocycles. The van der Waals surface area contributed by atoms with Gasteiger partial charge in [0.15, 0.2) is 5.71 Å². The van der Waals surface area contributed by atoms with Crippen LogP contribution >= 0.6 is 11.6 Å². The third-order valence-electron chi connectivity index (χ3n) is 11.8. The van der Waals surface area contributed by atoms with Gasteiger partial charge >= 0.3 is 5.97 Å². The van der Waals surface area contributed by atoms with Gasteiger partial charge in [-0.2, -0.15) is 4.58 Å². The second-order valence-electron chi connectivity index (χ2n) is 16.7. The van der Waals surface area contributed by atoms with Gasteiger partial charge in [0.25, 0.3) is 5.91 Å². The van der Waals surface area contributed by atoms with Crippen molar-refractivity contribution in [2.24, 2.45) is 0 Å². The molecule has 4 unspecified atom stereocenters. The number of benzene rings is 2. The van der Waals surface area contributed by atoms with Crippen LogP contribution in [0.15, 0.2) is 87.5 Å². The van der Waals surface area contributed by atoms with Crippen LogP contribution in [0, 0.1) is 0 Å². The first kappa shape index (κ1) is 47.9. The molecule has 0 spiro atoms. The van der Waals surface area contributed by atoms with Crippen molar-refractivity contribution in [2.75, 3.05) is 31.6 Å². The lowest BCUT2D eigenvalue weighted by Crippen LogP contribution is -2.49. The van der Waals surface area contributed by atoms with Crippen molar-refractivity contribution in [3.63, 3.8) is 0 Å². The number of aliphatic hydroxyl groups excluding tert-OH is 5. The smallest absolute Gasteiger partial charge is 0.305 e. The molecule has 0 saturated heterocycles.